The first kappa shape index (κ1) is 14.9. The van der Waals surface area contributed by atoms with Crippen LogP contribution in [0.15, 0.2) is 0 Å². The molecule has 0 aromatic carbocycles. The molecule has 1 heterocycles. The summed E-state index contributed by atoms with van der Waals surface area (Å²) in [6.07, 6.45) is 5.81. The Hall–Kier alpha value is -1.15. The second-order valence-corrected chi connectivity index (χ2v) is 5.90. The summed E-state index contributed by atoms with van der Waals surface area (Å²) in [5, 5.41) is 2.77. The Labute approximate surface area is 113 Å². The zero-order valence-electron chi connectivity index (χ0n) is 11.2. The number of piperazine rings is 1. The zero-order chi connectivity index (χ0) is 13.8. The maximum atomic E-state index is 12.3. The lowest BCUT2D eigenvalue weighted by atomic mass is 9.96. The van der Waals surface area contributed by atoms with E-state index < -0.39 is 5.54 Å². The van der Waals surface area contributed by atoms with Crippen LogP contribution in [-0.2, 0) is 9.59 Å². The highest BCUT2D eigenvalue weighted by Gasteiger charge is 2.44. The van der Waals surface area contributed by atoms with E-state index >= 15 is 0 Å². The van der Waals surface area contributed by atoms with E-state index in [1.54, 1.807) is 30.5 Å². The van der Waals surface area contributed by atoms with Crippen LogP contribution in [0.1, 0.15) is 27.2 Å². The molecule has 18 heavy (non-hydrogen) atoms. The lowest BCUT2D eigenvalue weighted by Gasteiger charge is -2.42. The third-order valence-electron chi connectivity index (χ3n) is 2.96. The van der Waals surface area contributed by atoms with E-state index in [1.165, 1.54) is 0 Å². The third kappa shape index (κ3) is 3.20. The van der Waals surface area contributed by atoms with Crippen LogP contribution in [0, 0.1) is 12.3 Å². The van der Waals surface area contributed by atoms with Crippen molar-refractivity contribution in [2.24, 2.45) is 0 Å². The molecule has 0 aliphatic carbocycles. The molecule has 0 aromatic rings. The molecule has 0 spiro atoms. The molecular weight excluding hydrogens is 248 g/mol. The molecule has 1 saturated heterocycles. The lowest BCUT2D eigenvalue weighted by molar-refractivity contribution is -0.153. The SMILES string of the molecule is C#CCSCCN1C(=O)C(C)(C)NC(=O)C1CC. The quantitative estimate of drug-likeness (QED) is 0.594. The molecular formula is C13H20N2O2S. The molecule has 1 N–H and O–H groups in total. The molecule has 4 nitrogen and oxygen atoms in total. The van der Waals surface area contributed by atoms with Crippen LogP contribution in [0.4, 0.5) is 0 Å². The molecule has 0 saturated carbocycles. The van der Waals surface area contributed by atoms with Crippen molar-refractivity contribution in [2.75, 3.05) is 18.1 Å². The lowest BCUT2D eigenvalue weighted by Crippen LogP contribution is -2.68. The van der Waals surface area contributed by atoms with E-state index in [0.717, 1.165) is 5.75 Å². The number of rotatable bonds is 5. The van der Waals surface area contributed by atoms with Crippen molar-refractivity contribution < 1.29 is 9.59 Å². The first-order valence-corrected chi connectivity index (χ1v) is 7.23. The summed E-state index contributed by atoms with van der Waals surface area (Å²) in [5.41, 5.74) is -0.806. The van der Waals surface area contributed by atoms with Gasteiger partial charge in [-0.25, -0.2) is 0 Å². The second kappa shape index (κ2) is 6.14. The standard InChI is InChI=1S/C13H20N2O2S/c1-5-8-18-9-7-15-10(6-2)11(16)14-13(3,4)12(15)17/h1,10H,6-9H2,2-4H3,(H,14,16). The Bertz CT molecular complexity index is 374. The first-order chi connectivity index (χ1) is 8.44. The fourth-order valence-corrected chi connectivity index (χ4v) is 2.63. The summed E-state index contributed by atoms with van der Waals surface area (Å²) in [6, 6.07) is -0.350. The second-order valence-electron chi connectivity index (χ2n) is 4.79. The minimum Gasteiger partial charge on any atom is -0.340 e. The molecule has 0 aromatic heterocycles. The largest absolute Gasteiger partial charge is 0.340 e. The minimum atomic E-state index is -0.806. The van der Waals surface area contributed by atoms with Gasteiger partial charge in [-0.15, -0.1) is 18.2 Å². The topological polar surface area (TPSA) is 49.4 Å². The maximum absolute atomic E-state index is 12.3. The monoisotopic (exact) mass is 268 g/mol. The van der Waals surface area contributed by atoms with E-state index in [-0.39, 0.29) is 17.9 Å². The Morgan fingerprint density at radius 2 is 2.17 bits per heavy atom. The van der Waals surface area contributed by atoms with Gasteiger partial charge in [0.15, 0.2) is 0 Å². The van der Waals surface area contributed by atoms with Gasteiger partial charge >= 0.3 is 0 Å². The average Bonchev–Trinajstić information content (AvgIpc) is 2.30. The molecule has 0 bridgehead atoms. The number of nitrogens with one attached hydrogen (secondary N) is 1. The van der Waals surface area contributed by atoms with Crippen LogP contribution in [0.3, 0.4) is 0 Å². The van der Waals surface area contributed by atoms with Gasteiger partial charge in [-0.2, -0.15) is 0 Å². The fraction of sp³-hybridized carbons (Fsp3) is 0.692. The number of terminal acetylenes is 1. The van der Waals surface area contributed by atoms with Crippen molar-refractivity contribution >= 4 is 23.6 Å². The third-order valence-corrected chi connectivity index (χ3v) is 3.80. The molecule has 0 radical (unpaired) electrons. The molecule has 100 valence electrons. The summed E-state index contributed by atoms with van der Waals surface area (Å²) < 4.78 is 0. The van der Waals surface area contributed by atoms with Crippen LogP contribution in [-0.4, -0.2) is 46.3 Å². The van der Waals surface area contributed by atoms with Gasteiger partial charge in [0.1, 0.15) is 11.6 Å². The van der Waals surface area contributed by atoms with Gasteiger partial charge in [-0.1, -0.05) is 12.8 Å². The van der Waals surface area contributed by atoms with E-state index in [1.807, 2.05) is 6.92 Å². The number of carbonyl (C=O) groups excluding carboxylic acids is 2. The Morgan fingerprint density at radius 3 is 2.72 bits per heavy atom. The van der Waals surface area contributed by atoms with Crippen molar-refractivity contribution in [1.82, 2.24) is 10.2 Å². The van der Waals surface area contributed by atoms with Gasteiger partial charge in [-0.05, 0) is 20.3 Å². The number of thioether (sulfide) groups is 1. The number of amides is 2. The van der Waals surface area contributed by atoms with Crippen molar-refractivity contribution in [3.05, 3.63) is 0 Å². The number of hydrogen-bond acceptors (Lipinski definition) is 3. The van der Waals surface area contributed by atoms with E-state index in [2.05, 4.69) is 11.2 Å². The van der Waals surface area contributed by atoms with E-state index in [9.17, 15) is 9.59 Å². The van der Waals surface area contributed by atoms with Gasteiger partial charge < -0.3 is 10.2 Å². The molecule has 2 amide bonds. The minimum absolute atomic E-state index is 0.0183. The first-order valence-electron chi connectivity index (χ1n) is 6.08. The maximum Gasteiger partial charge on any atom is 0.248 e. The normalized spacial score (nSPS) is 22.6. The van der Waals surface area contributed by atoms with Crippen LogP contribution in [0.2, 0.25) is 0 Å². The van der Waals surface area contributed by atoms with E-state index in [0.29, 0.717) is 18.7 Å². The van der Waals surface area contributed by atoms with Gasteiger partial charge in [0.25, 0.3) is 0 Å². The van der Waals surface area contributed by atoms with Crippen LogP contribution < -0.4 is 5.32 Å². The molecule has 1 unspecified atom stereocenters. The Kier molecular flexibility index (Phi) is 5.09. The molecule has 1 aliphatic rings. The highest BCUT2D eigenvalue weighted by atomic mass is 32.2. The van der Waals surface area contributed by atoms with Crippen molar-refractivity contribution in [2.45, 2.75) is 38.8 Å². The molecule has 1 atom stereocenters. The summed E-state index contributed by atoms with van der Waals surface area (Å²) >= 11 is 1.60. The number of carbonyl (C=O) groups is 2. The summed E-state index contributed by atoms with van der Waals surface area (Å²) in [5.74, 6) is 3.86. The molecule has 1 aliphatic heterocycles. The Balaban J connectivity index is 2.72. The molecule has 1 rings (SSSR count). The summed E-state index contributed by atoms with van der Waals surface area (Å²) in [4.78, 5) is 25.9. The number of nitrogens with zero attached hydrogens (tertiary/aromatic N) is 1. The Morgan fingerprint density at radius 1 is 1.50 bits per heavy atom. The smallest absolute Gasteiger partial charge is 0.248 e. The predicted octanol–water partition coefficient (Wildman–Crippen LogP) is 0.868. The van der Waals surface area contributed by atoms with E-state index in [4.69, 9.17) is 6.42 Å². The van der Waals surface area contributed by atoms with Gasteiger partial charge in [0.2, 0.25) is 11.8 Å². The van der Waals surface area contributed by atoms with Gasteiger partial charge in [0, 0.05) is 12.3 Å². The van der Waals surface area contributed by atoms with Crippen molar-refractivity contribution in [1.29, 1.82) is 0 Å². The van der Waals surface area contributed by atoms with Gasteiger partial charge in [-0.3, -0.25) is 9.59 Å². The zero-order valence-corrected chi connectivity index (χ0v) is 12.0. The molecule has 5 heteroatoms. The van der Waals surface area contributed by atoms with Gasteiger partial charge in [0.05, 0.1) is 5.75 Å². The highest BCUT2D eigenvalue weighted by Crippen LogP contribution is 2.20. The highest BCUT2D eigenvalue weighted by molar-refractivity contribution is 7.99. The summed E-state index contributed by atoms with van der Waals surface area (Å²) in [6.45, 7) is 5.96. The fourth-order valence-electron chi connectivity index (χ4n) is 2.04. The summed E-state index contributed by atoms with van der Waals surface area (Å²) in [7, 11) is 0. The predicted molar refractivity (Wildman–Crippen MR) is 74.2 cm³/mol. The van der Waals surface area contributed by atoms with Crippen molar-refractivity contribution in [3.8, 4) is 12.3 Å². The average molecular weight is 268 g/mol. The van der Waals surface area contributed by atoms with Crippen molar-refractivity contribution in [3.63, 3.8) is 0 Å². The van der Waals surface area contributed by atoms with Crippen LogP contribution in [0.25, 0.3) is 0 Å². The van der Waals surface area contributed by atoms with Crippen LogP contribution >= 0.6 is 11.8 Å². The molecule has 1 fully saturated rings. The van der Waals surface area contributed by atoms with Crippen LogP contribution in [0.5, 0.6) is 0 Å². The number of hydrogen-bond donors (Lipinski definition) is 1.